The van der Waals surface area contributed by atoms with Crippen LogP contribution in [-0.2, 0) is 4.79 Å². The fraction of sp³-hybridized carbons (Fsp3) is 0.533. The highest BCUT2D eigenvalue weighted by Gasteiger charge is 2.20. The van der Waals surface area contributed by atoms with Crippen molar-refractivity contribution < 1.29 is 9.53 Å². The molecule has 0 saturated carbocycles. The van der Waals surface area contributed by atoms with Crippen LogP contribution in [0.25, 0.3) is 0 Å². The molecule has 0 aliphatic rings. The number of hydrogen-bond donors (Lipinski definition) is 1. The normalized spacial score (nSPS) is 14.0. The molecule has 0 aromatic heterocycles. The van der Waals surface area contributed by atoms with Gasteiger partial charge in [-0.25, -0.2) is 0 Å². The zero-order valence-corrected chi connectivity index (χ0v) is 13.5. The maximum Gasteiger partial charge on any atom is 0.234 e. The van der Waals surface area contributed by atoms with Crippen LogP contribution in [-0.4, -0.2) is 17.3 Å². The zero-order chi connectivity index (χ0) is 14.4. The predicted molar refractivity (Wildman–Crippen MR) is 81.7 cm³/mol. The van der Waals surface area contributed by atoms with Crippen molar-refractivity contribution >= 4 is 21.8 Å². The van der Waals surface area contributed by atoms with Gasteiger partial charge in [0.1, 0.15) is 5.75 Å². The molecule has 1 aromatic rings. The lowest BCUT2D eigenvalue weighted by atomic mass is 10.1. The van der Waals surface area contributed by atoms with Gasteiger partial charge in [-0.1, -0.05) is 41.9 Å². The Hall–Kier alpha value is -1.03. The third-order valence-electron chi connectivity index (χ3n) is 2.86. The standard InChI is InChI=1S/C15H22BrNO2/c1-5-19-13-8-6-7-12(9-13)11(4)17-15(18)14(16)10(2)3/h6-11,14H,5H2,1-4H3,(H,17,18)/t11-,14+/m1/s1. The van der Waals surface area contributed by atoms with E-state index in [2.05, 4.69) is 21.2 Å². The van der Waals surface area contributed by atoms with E-state index in [9.17, 15) is 4.79 Å². The Labute approximate surface area is 123 Å². The number of carbonyl (C=O) groups excluding carboxylic acids is 1. The number of rotatable bonds is 6. The number of hydrogen-bond acceptors (Lipinski definition) is 2. The van der Waals surface area contributed by atoms with Crippen molar-refractivity contribution in [3.63, 3.8) is 0 Å². The summed E-state index contributed by atoms with van der Waals surface area (Å²) in [6, 6.07) is 7.78. The minimum atomic E-state index is -0.162. The van der Waals surface area contributed by atoms with Gasteiger partial charge in [0.15, 0.2) is 0 Å². The van der Waals surface area contributed by atoms with E-state index in [0.717, 1.165) is 11.3 Å². The third kappa shape index (κ3) is 4.86. The van der Waals surface area contributed by atoms with Crippen molar-refractivity contribution in [3.8, 4) is 5.75 Å². The average Bonchev–Trinajstić information content (AvgIpc) is 2.38. The van der Waals surface area contributed by atoms with E-state index in [1.165, 1.54) is 0 Å². The van der Waals surface area contributed by atoms with E-state index >= 15 is 0 Å². The van der Waals surface area contributed by atoms with Gasteiger partial charge in [0.05, 0.1) is 17.5 Å². The Kier molecular flexibility index (Phi) is 6.35. The van der Waals surface area contributed by atoms with Crippen LogP contribution in [0.4, 0.5) is 0 Å². The summed E-state index contributed by atoms with van der Waals surface area (Å²) in [5.74, 6) is 1.12. The zero-order valence-electron chi connectivity index (χ0n) is 11.9. The number of alkyl halides is 1. The number of nitrogens with one attached hydrogen (secondary N) is 1. The predicted octanol–water partition coefficient (Wildman–Crippen LogP) is 3.68. The van der Waals surface area contributed by atoms with Gasteiger partial charge in [0.25, 0.3) is 0 Å². The van der Waals surface area contributed by atoms with Crippen LogP contribution < -0.4 is 10.1 Å². The molecule has 0 bridgehead atoms. The molecule has 0 aliphatic carbocycles. The summed E-state index contributed by atoms with van der Waals surface area (Å²) in [7, 11) is 0. The molecule has 0 aliphatic heterocycles. The SMILES string of the molecule is CCOc1cccc([C@@H](C)NC(=O)[C@@H](Br)C(C)C)c1. The Balaban J connectivity index is 2.69. The monoisotopic (exact) mass is 327 g/mol. The number of halogens is 1. The van der Waals surface area contributed by atoms with Gasteiger partial charge in [0.2, 0.25) is 5.91 Å². The molecule has 1 N–H and O–H groups in total. The maximum absolute atomic E-state index is 12.0. The average molecular weight is 328 g/mol. The summed E-state index contributed by atoms with van der Waals surface area (Å²) < 4.78 is 5.47. The second-order valence-electron chi connectivity index (χ2n) is 4.88. The highest BCUT2D eigenvalue weighted by molar-refractivity contribution is 9.10. The fourth-order valence-corrected chi connectivity index (χ4v) is 1.85. The van der Waals surface area contributed by atoms with Crippen molar-refractivity contribution in [2.24, 2.45) is 5.92 Å². The van der Waals surface area contributed by atoms with Crippen molar-refractivity contribution in [1.82, 2.24) is 5.32 Å². The Bertz CT molecular complexity index is 420. The van der Waals surface area contributed by atoms with E-state index in [1.807, 2.05) is 52.0 Å². The summed E-state index contributed by atoms with van der Waals surface area (Å²) in [4.78, 5) is 11.8. The van der Waals surface area contributed by atoms with Crippen LogP contribution in [0.3, 0.4) is 0 Å². The van der Waals surface area contributed by atoms with E-state index in [4.69, 9.17) is 4.74 Å². The second kappa shape index (κ2) is 7.53. The first-order valence-electron chi connectivity index (χ1n) is 6.63. The third-order valence-corrected chi connectivity index (χ3v) is 4.34. The van der Waals surface area contributed by atoms with Gasteiger partial charge in [0, 0.05) is 0 Å². The van der Waals surface area contributed by atoms with Gasteiger partial charge in [-0.3, -0.25) is 4.79 Å². The number of ether oxygens (including phenoxy) is 1. The summed E-state index contributed by atoms with van der Waals surface area (Å²) in [5.41, 5.74) is 1.04. The minimum absolute atomic E-state index is 0.0179. The molecule has 2 atom stereocenters. The molecule has 1 aromatic carbocycles. The van der Waals surface area contributed by atoms with Gasteiger partial charge < -0.3 is 10.1 Å². The molecule has 0 heterocycles. The van der Waals surface area contributed by atoms with Crippen molar-refractivity contribution in [2.45, 2.75) is 38.6 Å². The molecule has 1 amide bonds. The first kappa shape index (κ1) is 16.0. The quantitative estimate of drug-likeness (QED) is 0.809. The van der Waals surface area contributed by atoms with Crippen LogP contribution in [0.5, 0.6) is 5.75 Å². The first-order valence-corrected chi connectivity index (χ1v) is 7.54. The molecule has 0 fully saturated rings. The molecule has 4 heteroatoms. The Morgan fingerprint density at radius 3 is 2.63 bits per heavy atom. The lowest BCUT2D eigenvalue weighted by molar-refractivity contribution is -0.121. The minimum Gasteiger partial charge on any atom is -0.494 e. The van der Waals surface area contributed by atoms with Crippen LogP contribution in [0, 0.1) is 5.92 Å². The molecule has 0 unspecified atom stereocenters. The van der Waals surface area contributed by atoms with Crippen LogP contribution in [0.2, 0.25) is 0 Å². The smallest absolute Gasteiger partial charge is 0.234 e. The van der Waals surface area contributed by atoms with E-state index in [0.29, 0.717) is 6.61 Å². The highest BCUT2D eigenvalue weighted by atomic mass is 79.9. The summed E-state index contributed by atoms with van der Waals surface area (Å²) in [5, 5.41) is 3.01. The molecule has 0 saturated heterocycles. The Morgan fingerprint density at radius 1 is 1.37 bits per heavy atom. The van der Waals surface area contributed by atoms with E-state index in [-0.39, 0.29) is 22.7 Å². The number of amides is 1. The molecule has 1 rings (SSSR count). The maximum atomic E-state index is 12.0. The van der Waals surface area contributed by atoms with Crippen molar-refractivity contribution in [1.29, 1.82) is 0 Å². The van der Waals surface area contributed by atoms with Gasteiger partial charge >= 0.3 is 0 Å². The summed E-state index contributed by atoms with van der Waals surface area (Å²) in [6.07, 6.45) is 0. The molecular formula is C15H22BrNO2. The summed E-state index contributed by atoms with van der Waals surface area (Å²) >= 11 is 3.41. The largest absolute Gasteiger partial charge is 0.494 e. The van der Waals surface area contributed by atoms with Crippen LogP contribution in [0.1, 0.15) is 39.3 Å². The molecule has 19 heavy (non-hydrogen) atoms. The summed E-state index contributed by atoms with van der Waals surface area (Å²) in [6.45, 7) is 8.60. The van der Waals surface area contributed by atoms with Crippen LogP contribution in [0.15, 0.2) is 24.3 Å². The molecular weight excluding hydrogens is 306 g/mol. The molecule has 0 radical (unpaired) electrons. The lowest BCUT2D eigenvalue weighted by Crippen LogP contribution is -2.35. The van der Waals surface area contributed by atoms with Crippen molar-refractivity contribution in [3.05, 3.63) is 29.8 Å². The first-order chi connectivity index (χ1) is 8.95. The molecule has 0 spiro atoms. The second-order valence-corrected chi connectivity index (χ2v) is 5.87. The van der Waals surface area contributed by atoms with Gasteiger partial charge in [-0.05, 0) is 37.5 Å². The van der Waals surface area contributed by atoms with Crippen LogP contribution >= 0.6 is 15.9 Å². The molecule has 106 valence electrons. The topological polar surface area (TPSA) is 38.3 Å². The van der Waals surface area contributed by atoms with E-state index in [1.54, 1.807) is 0 Å². The highest BCUT2D eigenvalue weighted by Crippen LogP contribution is 2.20. The van der Waals surface area contributed by atoms with Crippen molar-refractivity contribution in [2.75, 3.05) is 6.61 Å². The Morgan fingerprint density at radius 2 is 2.05 bits per heavy atom. The fourth-order valence-electron chi connectivity index (χ4n) is 1.72. The number of benzene rings is 1. The van der Waals surface area contributed by atoms with Gasteiger partial charge in [-0.15, -0.1) is 0 Å². The van der Waals surface area contributed by atoms with E-state index < -0.39 is 0 Å². The lowest BCUT2D eigenvalue weighted by Gasteiger charge is -2.19. The molecule has 3 nitrogen and oxygen atoms in total. The number of carbonyl (C=O) groups is 1. The van der Waals surface area contributed by atoms with Gasteiger partial charge in [-0.2, -0.15) is 0 Å².